The normalized spacial score (nSPS) is 20.2. The van der Waals surface area contributed by atoms with Gasteiger partial charge in [-0.15, -0.1) is 11.6 Å². The molecule has 5 amide bonds. The maximum absolute atomic E-state index is 12.9. The van der Waals surface area contributed by atoms with Crippen LogP contribution in [-0.2, 0) is 18.4 Å². The van der Waals surface area contributed by atoms with Crippen LogP contribution in [0.4, 0.5) is 21.1 Å². The molecular weight excluding hydrogens is 684 g/mol. The highest BCUT2D eigenvalue weighted by atomic mass is 35.5. The molecule has 1 aliphatic rings. The van der Waals surface area contributed by atoms with Gasteiger partial charge in [-0.25, -0.2) is 24.5 Å². The fraction of sp³-hybridized carbons (Fsp3) is 0.562. The van der Waals surface area contributed by atoms with Gasteiger partial charge in [-0.3, -0.25) is 20.0 Å². The SMILES string of the molecule is CC(C)(C)[Si](C)(C)OC1[C@@H](O[Si](C)(C)C(C)(C)C)[C@@H](CNC(=O)NC(=O)CCl)O[C@H]1n1cnc2c(NC(=O)Nc3ccccc3)ncnc21. The topological polar surface area (TPSA) is 171 Å². The zero-order valence-electron chi connectivity index (χ0n) is 29.9. The van der Waals surface area contributed by atoms with Gasteiger partial charge in [0.05, 0.1) is 6.33 Å². The third kappa shape index (κ3) is 9.04. The lowest BCUT2D eigenvalue weighted by atomic mass is 10.1. The summed E-state index contributed by atoms with van der Waals surface area (Å²) in [6.07, 6.45) is 0.209. The summed E-state index contributed by atoms with van der Waals surface area (Å²) in [5.41, 5.74) is 1.38. The number of carbonyl (C=O) groups is 3. The second-order valence-corrected chi connectivity index (χ2v) is 24.9. The van der Waals surface area contributed by atoms with Crippen molar-refractivity contribution < 1.29 is 28.0 Å². The van der Waals surface area contributed by atoms with E-state index in [1.165, 1.54) is 6.33 Å². The summed E-state index contributed by atoms with van der Waals surface area (Å²) in [7, 11) is -4.90. The van der Waals surface area contributed by atoms with Crippen molar-refractivity contribution in [2.75, 3.05) is 23.1 Å². The van der Waals surface area contributed by atoms with Crippen LogP contribution in [0, 0.1) is 0 Å². The van der Waals surface area contributed by atoms with Gasteiger partial charge in [-0.2, -0.15) is 0 Å². The molecule has 2 aromatic heterocycles. The van der Waals surface area contributed by atoms with Crippen LogP contribution in [0.1, 0.15) is 47.8 Å². The zero-order chi connectivity index (χ0) is 36.4. The number of imide groups is 1. The van der Waals surface area contributed by atoms with Gasteiger partial charge < -0.3 is 24.2 Å². The fourth-order valence-electron chi connectivity index (χ4n) is 4.72. The molecule has 1 aromatic carbocycles. The van der Waals surface area contributed by atoms with Crippen molar-refractivity contribution in [3.63, 3.8) is 0 Å². The molecule has 0 spiro atoms. The molecule has 1 unspecified atom stereocenters. The van der Waals surface area contributed by atoms with Crippen LogP contribution >= 0.6 is 11.6 Å². The van der Waals surface area contributed by atoms with Crippen LogP contribution in [0.5, 0.6) is 0 Å². The first-order valence-electron chi connectivity index (χ1n) is 16.2. The fourth-order valence-corrected chi connectivity index (χ4v) is 7.39. The van der Waals surface area contributed by atoms with Crippen molar-refractivity contribution in [1.82, 2.24) is 30.2 Å². The molecule has 49 heavy (non-hydrogen) atoms. The lowest BCUT2D eigenvalue weighted by Crippen LogP contribution is -2.55. The molecule has 1 aliphatic heterocycles. The van der Waals surface area contributed by atoms with E-state index in [4.69, 9.17) is 25.2 Å². The van der Waals surface area contributed by atoms with Gasteiger partial charge >= 0.3 is 12.1 Å². The first-order valence-corrected chi connectivity index (χ1v) is 22.5. The summed E-state index contributed by atoms with van der Waals surface area (Å²) in [5.74, 6) is -0.760. The van der Waals surface area contributed by atoms with Crippen LogP contribution in [0.25, 0.3) is 11.2 Å². The number of nitrogens with one attached hydrogen (secondary N) is 4. The highest BCUT2D eigenvalue weighted by Crippen LogP contribution is 2.46. The third-order valence-corrected chi connectivity index (χ3v) is 18.7. The van der Waals surface area contributed by atoms with E-state index in [1.54, 1.807) is 23.0 Å². The number of aromatic nitrogens is 4. The number of nitrogens with zero attached hydrogens (tertiary/aromatic N) is 4. The Morgan fingerprint density at radius 1 is 0.878 bits per heavy atom. The van der Waals surface area contributed by atoms with Gasteiger partial charge in [-0.05, 0) is 48.4 Å². The Morgan fingerprint density at radius 2 is 1.49 bits per heavy atom. The summed E-state index contributed by atoms with van der Waals surface area (Å²) in [4.78, 5) is 50.7. The first-order chi connectivity index (χ1) is 22.7. The maximum Gasteiger partial charge on any atom is 0.324 e. The molecule has 4 N–H and O–H groups in total. The largest absolute Gasteiger partial charge is 0.408 e. The number of fused-ring (bicyclic) bond motifs is 1. The molecule has 268 valence electrons. The molecule has 0 aliphatic carbocycles. The van der Waals surface area contributed by atoms with E-state index in [0.29, 0.717) is 16.9 Å². The summed E-state index contributed by atoms with van der Waals surface area (Å²) in [6.45, 7) is 21.6. The van der Waals surface area contributed by atoms with E-state index in [-0.39, 0.29) is 28.3 Å². The Hall–Kier alpha value is -3.42. The number of amides is 5. The summed E-state index contributed by atoms with van der Waals surface area (Å²) >= 11 is 5.59. The number of urea groups is 2. The summed E-state index contributed by atoms with van der Waals surface area (Å²) < 4.78 is 22.7. The first kappa shape index (κ1) is 38.4. The van der Waals surface area contributed by atoms with Crippen molar-refractivity contribution in [1.29, 1.82) is 0 Å². The molecule has 3 aromatic rings. The summed E-state index contributed by atoms with van der Waals surface area (Å²) in [5, 5.41) is 10.2. The van der Waals surface area contributed by atoms with Crippen molar-refractivity contribution in [3.05, 3.63) is 43.0 Å². The number of imidazole rings is 1. The number of para-hydroxylation sites is 1. The van der Waals surface area contributed by atoms with Crippen LogP contribution in [0.15, 0.2) is 43.0 Å². The van der Waals surface area contributed by atoms with Gasteiger partial charge in [0.25, 0.3) is 0 Å². The van der Waals surface area contributed by atoms with E-state index in [9.17, 15) is 14.4 Å². The van der Waals surface area contributed by atoms with E-state index >= 15 is 0 Å². The van der Waals surface area contributed by atoms with Crippen LogP contribution in [0.2, 0.25) is 36.3 Å². The quantitative estimate of drug-likeness (QED) is 0.140. The number of hydrogen-bond donors (Lipinski definition) is 4. The predicted molar refractivity (Wildman–Crippen MR) is 195 cm³/mol. The number of ether oxygens (including phenoxy) is 1. The highest BCUT2D eigenvalue weighted by molar-refractivity contribution is 6.74. The number of benzene rings is 1. The molecule has 3 heterocycles. The average Bonchev–Trinajstić information content (AvgIpc) is 3.56. The van der Waals surface area contributed by atoms with Gasteiger partial charge in [0.1, 0.15) is 30.5 Å². The minimum atomic E-state index is -2.46. The molecule has 0 bridgehead atoms. The molecule has 4 atom stereocenters. The van der Waals surface area contributed by atoms with Crippen LogP contribution < -0.4 is 21.3 Å². The second-order valence-electron chi connectivity index (χ2n) is 15.1. The van der Waals surface area contributed by atoms with E-state index < -0.39 is 59.1 Å². The Labute approximate surface area is 294 Å². The number of rotatable bonds is 10. The van der Waals surface area contributed by atoms with Crippen molar-refractivity contribution in [2.24, 2.45) is 0 Å². The predicted octanol–water partition coefficient (Wildman–Crippen LogP) is 6.21. The number of alkyl halides is 1. The minimum Gasteiger partial charge on any atom is -0.408 e. The Bertz CT molecular complexity index is 1640. The van der Waals surface area contributed by atoms with Crippen LogP contribution in [-0.4, -0.2) is 84.9 Å². The molecule has 14 nitrogen and oxygen atoms in total. The number of anilines is 2. The van der Waals surface area contributed by atoms with Crippen LogP contribution in [0.3, 0.4) is 0 Å². The minimum absolute atomic E-state index is 0.0165. The standard InChI is InChI=1S/C32H49ClN8O6Si2/c1-31(2,3)48(7,8)46-24-21(17-34-29(43)39-22(42)16-33)45-28(25(24)47-49(9,10)32(4,5)6)41-19-37-23-26(35-18-36-27(23)41)40-30(44)38-20-14-12-11-13-15-20/h11-15,18-19,21,24-25,28H,16-17H2,1-10H3,(H2,34,39,42,43)(H2,35,36,38,40,44)/t21-,24+,25?,28-/m1/s1. The van der Waals surface area contributed by atoms with Gasteiger partial charge in [0, 0.05) is 12.2 Å². The molecule has 17 heteroatoms. The second kappa shape index (κ2) is 14.8. The Balaban J connectivity index is 1.75. The molecular formula is C32H49ClN8O6Si2. The van der Waals surface area contributed by atoms with Crippen molar-refractivity contribution in [2.45, 2.75) is 102 Å². The summed E-state index contributed by atoms with van der Waals surface area (Å²) in [6, 6.07) is 7.86. The van der Waals surface area contributed by atoms with Crippen molar-refractivity contribution >= 4 is 68.9 Å². The molecule has 4 rings (SSSR count). The number of hydrogen-bond acceptors (Lipinski definition) is 9. The molecule has 0 radical (unpaired) electrons. The lowest BCUT2D eigenvalue weighted by Gasteiger charge is -2.44. The third-order valence-electron chi connectivity index (χ3n) is 9.49. The van der Waals surface area contributed by atoms with Crippen molar-refractivity contribution in [3.8, 4) is 0 Å². The Morgan fingerprint density at radius 3 is 2.08 bits per heavy atom. The van der Waals surface area contributed by atoms with E-state index in [0.717, 1.165) is 0 Å². The molecule has 1 fully saturated rings. The molecule has 1 saturated heterocycles. The average molecular weight is 733 g/mol. The Kier molecular flexibility index (Phi) is 11.6. The number of carbonyl (C=O) groups excluding carboxylic acids is 3. The monoisotopic (exact) mass is 732 g/mol. The number of halogens is 1. The van der Waals surface area contributed by atoms with E-state index in [2.05, 4.69) is 104 Å². The highest BCUT2D eigenvalue weighted by Gasteiger charge is 2.54. The lowest BCUT2D eigenvalue weighted by molar-refractivity contribution is -0.117. The smallest absolute Gasteiger partial charge is 0.324 e. The van der Waals surface area contributed by atoms with Gasteiger partial charge in [0.2, 0.25) is 5.91 Å². The zero-order valence-corrected chi connectivity index (χ0v) is 32.6. The maximum atomic E-state index is 12.9. The van der Waals surface area contributed by atoms with Gasteiger partial charge in [-0.1, -0.05) is 59.7 Å². The van der Waals surface area contributed by atoms with Gasteiger partial charge in [0.15, 0.2) is 39.8 Å². The molecule has 0 saturated carbocycles. The van der Waals surface area contributed by atoms with E-state index in [1.807, 2.05) is 18.2 Å².